The van der Waals surface area contributed by atoms with Crippen LogP contribution >= 0.6 is 11.6 Å². The summed E-state index contributed by atoms with van der Waals surface area (Å²) in [6, 6.07) is 8.49. The Balaban J connectivity index is 1.77. The van der Waals surface area contributed by atoms with Crippen molar-refractivity contribution in [3.8, 4) is 0 Å². The van der Waals surface area contributed by atoms with Crippen LogP contribution in [0.5, 0.6) is 0 Å². The number of alkyl halides is 3. The molecule has 1 N–H and O–H groups in total. The van der Waals surface area contributed by atoms with Gasteiger partial charge in [0.15, 0.2) is 0 Å². The van der Waals surface area contributed by atoms with Crippen LogP contribution in [0.15, 0.2) is 47.4 Å². The van der Waals surface area contributed by atoms with Crippen molar-refractivity contribution in [3.05, 3.63) is 64.2 Å². The van der Waals surface area contributed by atoms with Crippen molar-refractivity contribution in [2.75, 3.05) is 13.1 Å². The lowest BCUT2D eigenvalue weighted by atomic mass is 10.1. The molecular formula is C19H18ClF3N2O3S. The molecule has 0 saturated carbocycles. The number of sulfonamides is 1. The molecule has 0 radical (unpaired) electrons. The zero-order valence-electron chi connectivity index (χ0n) is 15.2. The quantitative estimate of drug-likeness (QED) is 0.752. The molecule has 0 aromatic heterocycles. The highest BCUT2D eigenvalue weighted by Gasteiger charge is 2.31. The standard InChI is InChI=1S/C19H18ClF3N2O3S/c20-16-7-6-14(11-17(16)29(27,28)25-8-1-2-9-25)18(26)24-12-13-4-3-5-15(10-13)19(21,22)23/h3-7,10-11H,1-2,8-9,12H2,(H,24,26). The summed E-state index contributed by atoms with van der Waals surface area (Å²) in [6.45, 7) is 0.648. The normalized spacial score (nSPS) is 15.4. The van der Waals surface area contributed by atoms with Crippen LogP contribution in [0.25, 0.3) is 0 Å². The first-order chi connectivity index (χ1) is 13.6. The van der Waals surface area contributed by atoms with Crippen LogP contribution in [0, 0.1) is 0 Å². The van der Waals surface area contributed by atoms with Crippen molar-refractivity contribution in [1.29, 1.82) is 0 Å². The van der Waals surface area contributed by atoms with E-state index in [9.17, 15) is 26.4 Å². The molecule has 0 aliphatic carbocycles. The lowest BCUT2D eigenvalue weighted by Crippen LogP contribution is -2.29. The van der Waals surface area contributed by atoms with Crippen molar-refractivity contribution >= 4 is 27.5 Å². The second-order valence-electron chi connectivity index (χ2n) is 6.64. The number of rotatable bonds is 5. The number of hydrogen-bond donors (Lipinski definition) is 1. The Morgan fingerprint density at radius 1 is 1.10 bits per heavy atom. The molecule has 1 fully saturated rings. The zero-order chi connectivity index (χ0) is 21.2. The van der Waals surface area contributed by atoms with E-state index in [2.05, 4.69) is 5.32 Å². The lowest BCUT2D eigenvalue weighted by Gasteiger charge is -2.17. The van der Waals surface area contributed by atoms with Gasteiger partial charge in [0.05, 0.1) is 10.6 Å². The van der Waals surface area contributed by atoms with E-state index in [0.717, 1.165) is 25.0 Å². The van der Waals surface area contributed by atoms with E-state index in [1.165, 1.54) is 34.6 Å². The van der Waals surface area contributed by atoms with E-state index in [0.29, 0.717) is 13.1 Å². The molecule has 1 heterocycles. The van der Waals surface area contributed by atoms with Crippen molar-refractivity contribution in [2.24, 2.45) is 0 Å². The van der Waals surface area contributed by atoms with Crippen LogP contribution < -0.4 is 5.32 Å². The number of hydrogen-bond acceptors (Lipinski definition) is 3. The molecule has 29 heavy (non-hydrogen) atoms. The highest BCUT2D eigenvalue weighted by molar-refractivity contribution is 7.89. The molecule has 1 saturated heterocycles. The average Bonchev–Trinajstić information content (AvgIpc) is 3.21. The Labute approximate surface area is 171 Å². The third-order valence-electron chi connectivity index (χ3n) is 4.58. The fourth-order valence-electron chi connectivity index (χ4n) is 3.05. The molecule has 1 aliphatic rings. The smallest absolute Gasteiger partial charge is 0.348 e. The van der Waals surface area contributed by atoms with Crippen LogP contribution in [0.3, 0.4) is 0 Å². The molecule has 0 bridgehead atoms. The molecule has 3 rings (SSSR count). The molecular weight excluding hydrogens is 429 g/mol. The molecule has 1 amide bonds. The molecule has 1 aliphatic heterocycles. The number of benzene rings is 2. The highest BCUT2D eigenvalue weighted by Crippen LogP contribution is 2.30. The van der Waals surface area contributed by atoms with E-state index in [4.69, 9.17) is 11.6 Å². The second-order valence-corrected chi connectivity index (χ2v) is 8.95. The number of halogens is 4. The maximum absolute atomic E-state index is 12.8. The van der Waals surface area contributed by atoms with Crippen LogP contribution in [-0.4, -0.2) is 31.7 Å². The van der Waals surface area contributed by atoms with Gasteiger partial charge >= 0.3 is 6.18 Å². The Bertz CT molecular complexity index is 1020. The summed E-state index contributed by atoms with van der Waals surface area (Å²) in [4.78, 5) is 12.3. The predicted octanol–water partition coefficient (Wildman–Crippen LogP) is 4.07. The monoisotopic (exact) mass is 446 g/mol. The number of amides is 1. The van der Waals surface area contributed by atoms with E-state index >= 15 is 0 Å². The average molecular weight is 447 g/mol. The van der Waals surface area contributed by atoms with Crippen LogP contribution in [-0.2, 0) is 22.7 Å². The molecule has 5 nitrogen and oxygen atoms in total. The molecule has 2 aromatic carbocycles. The number of carbonyl (C=O) groups is 1. The van der Waals surface area contributed by atoms with Gasteiger partial charge in [-0.2, -0.15) is 17.5 Å². The van der Waals surface area contributed by atoms with Gasteiger partial charge in [0.2, 0.25) is 10.0 Å². The molecule has 10 heteroatoms. The number of nitrogens with one attached hydrogen (secondary N) is 1. The van der Waals surface area contributed by atoms with E-state index < -0.39 is 27.7 Å². The Morgan fingerprint density at radius 3 is 2.45 bits per heavy atom. The largest absolute Gasteiger partial charge is 0.416 e. The second kappa shape index (κ2) is 8.33. The van der Waals surface area contributed by atoms with Crippen molar-refractivity contribution in [2.45, 2.75) is 30.5 Å². The van der Waals surface area contributed by atoms with Gasteiger partial charge in [-0.15, -0.1) is 0 Å². The summed E-state index contributed by atoms with van der Waals surface area (Å²) in [5, 5.41) is 2.51. The Morgan fingerprint density at radius 2 is 1.79 bits per heavy atom. The van der Waals surface area contributed by atoms with Gasteiger partial charge in [0.25, 0.3) is 5.91 Å². The molecule has 0 atom stereocenters. The van der Waals surface area contributed by atoms with Gasteiger partial charge in [-0.05, 0) is 48.7 Å². The maximum Gasteiger partial charge on any atom is 0.416 e. The SMILES string of the molecule is O=C(NCc1cccc(C(F)(F)F)c1)c1ccc(Cl)c(S(=O)(=O)N2CCCC2)c1. The number of nitrogens with zero attached hydrogens (tertiary/aromatic N) is 1. The van der Waals surface area contributed by atoms with Gasteiger partial charge in [-0.1, -0.05) is 23.7 Å². The van der Waals surface area contributed by atoms with Crippen LogP contribution in [0.4, 0.5) is 13.2 Å². The minimum atomic E-state index is -4.48. The molecule has 156 valence electrons. The van der Waals surface area contributed by atoms with Crippen molar-refractivity contribution in [1.82, 2.24) is 9.62 Å². The summed E-state index contributed by atoms with van der Waals surface area (Å²) >= 11 is 6.05. The first-order valence-electron chi connectivity index (χ1n) is 8.83. The van der Waals surface area contributed by atoms with Gasteiger partial charge < -0.3 is 5.32 Å². The minimum Gasteiger partial charge on any atom is -0.348 e. The number of carbonyl (C=O) groups excluding carboxylic acids is 1. The maximum atomic E-state index is 12.8. The molecule has 2 aromatic rings. The summed E-state index contributed by atoms with van der Waals surface area (Å²) < 4.78 is 65.2. The Kier molecular flexibility index (Phi) is 6.21. The van der Waals surface area contributed by atoms with Crippen LogP contribution in [0.2, 0.25) is 5.02 Å². The Hall–Kier alpha value is -2.10. The minimum absolute atomic E-state index is 0.00586. The van der Waals surface area contributed by atoms with Gasteiger partial charge in [-0.3, -0.25) is 4.79 Å². The summed E-state index contributed by atoms with van der Waals surface area (Å²) in [7, 11) is -3.82. The lowest BCUT2D eigenvalue weighted by molar-refractivity contribution is -0.137. The first-order valence-corrected chi connectivity index (χ1v) is 10.6. The van der Waals surface area contributed by atoms with E-state index in [1.54, 1.807) is 0 Å². The fourth-order valence-corrected chi connectivity index (χ4v) is 5.07. The third kappa shape index (κ3) is 4.91. The van der Waals surface area contributed by atoms with Crippen LogP contribution in [0.1, 0.15) is 34.3 Å². The van der Waals surface area contributed by atoms with E-state index in [1.807, 2.05) is 0 Å². The van der Waals surface area contributed by atoms with Crippen molar-refractivity contribution < 1.29 is 26.4 Å². The predicted molar refractivity (Wildman–Crippen MR) is 102 cm³/mol. The summed E-state index contributed by atoms with van der Waals surface area (Å²) in [5.74, 6) is -0.614. The summed E-state index contributed by atoms with van der Waals surface area (Å²) in [6.07, 6.45) is -2.96. The van der Waals surface area contributed by atoms with Gasteiger partial charge in [0, 0.05) is 25.2 Å². The summed E-state index contributed by atoms with van der Waals surface area (Å²) in [5.41, 5.74) is -0.485. The van der Waals surface area contributed by atoms with Crippen molar-refractivity contribution in [3.63, 3.8) is 0 Å². The third-order valence-corrected chi connectivity index (χ3v) is 6.96. The molecule has 0 unspecified atom stereocenters. The highest BCUT2D eigenvalue weighted by atomic mass is 35.5. The van der Waals surface area contributed by atoms with Gasteiger partial charge in [-0.25, -0.2) is 8.42 Å². The van der Waals surface area contributed by atoms with Gasteiger partial charge in [0.1, 0.15) is 4.90 Å². The first kappa shape index (κ1) is 21.6. The topological polar surface area (TPSA) is 66.5 Å². The molecule has 0 spiro atoms. The van der Waals surface area contributed by atoms with E-state index in [-0.39, 0.29) is 27.6 Å². The zero-order valence-corrected chi connectivity index (χ0v) is 16.7. The fraction of sp³-hybridized carbons (Fsp3) is 0.316.